The molecule has 1 N–H and O–H groups in total. The van der Waals surface area contributed by atoms with Crippen molar-refractivity contribution in [3.05, 3.63) is 28.5 Å². The van der Waals surface area contributed by atoms with E-state index in [9.17, 15) is 4.79 Å². The van der Waals surface area contributed by atoms with Crippen LogP contribution >= 0.6 is 15.9 Å². The number of pyridine rings is 1. The van der Waals surface area contributed by atoms with Gasteiger partial charge in [0, 0.05) is 16.7 Å². The summed E-state index contributed by atoms with van der Waals surface area (Å²) in [6.45, 7) is 2.23. The van der Waals surface area contributed by atoms with Gasteiger partial charge in [0.1, 0.15) is 5.69 Å². The molecular formula is C14H19BrN2O. The molecule has 1 aromatic rings. The maximum atomic E-state index is 12.2. The molecule has 2 rings (SSSR count). The van der Waals surface area contributed by atoms with Crippen molar-refractivity contribution in [3.8, 4) is 0 Å². The van der Waals surface area contributed by atoms with Crippen molar-refractivity contribution in [1.29, 1.82) is 0 Å². The Balaban J connectivity index is 2.04. The minimum absolute atomic E-state index is 0.0683. The molecule has 18 heavy (non-hydrogen) atoms. The Hall–Kier alpha value is -0.900. The summed E-state index contributed by atoms with van der Waals surface area (Å²) >= 11 is 3.37. The molecular weight excluding hydrogens is 292 g/mol. The quantitative estimate of drug-likeness (QED) is 0.849. The van der Waals surface area contributed by atoms with Crippen LogP contribution in [0.5, 0.6) is 0 Å². The molecule has 0 bridgehead atoms. The van der Waals surface area contributed by atoms with Crippen LogP contribution < -0.4 is 5.32 Å². The molecule has 1 saturated carbocycles. The van der Waals surface area contributed by atoms with E-state index in [1.807, 2.05) is 12.1 Å². The van der Waals surface area contributed by atoms with E-state index >= 15 is 0 Å². The normalized spacial score (nSPS) is 24.3. The minimum Gasteiger partial charge on any atom is -0.348 e. The Morgan fingerprint density at radius 3 is 2.94 bits per heavy atom. The highest BCUT2D eigenvalue weighted by Crippen LogP contribution is 2.23. The fourth-order valence-electron chi connectivity index (χ4n) is 2.50. The van der Waals surface area contributed by atoms with Crippen molar-refractivity contribution in [2.75, 3.05) is 0 Å². The SMILES string of the molecule is CC1CCCCCC1NC(=O)c1ncccc1Br. The molecule has 2 atom stereocenters. The summed E-state index contributed by atoms with van der Waals surface area (Å²) in [7, 11) is 0. The van der Waals surface area contributed by atoms with Crippen molar-refractivity contribution < 1.29 is 4.79 Å². The second-order valence-electron chi connectivity index (χ2n) is 5.03. The van der Waals surface area contributed by atoms with Crippen LogP contribution in [0.3, 0.4) is 0 Å². The molecule has 1 aromatic heterocycles. The van der Waals surface area contributed by atoms with E-state index in [-0.39, 0.29) is 11.9 Å². The highest BCUT2D eigenvalue weighted by Gasteiger charge is 2.23. The predicted molar refractivity (Wildman–Crippen MR) is 75.4 cm³/mol. The first-order chi connectivity index (χ1) is 8.68. The highest BCUT2D eigenvalue weighted by molar-refractivity contribution is 9.10. The lowest BCUT2D eigenvalue weighted by atomic mass is 9.97. The van der Waals surface area contributed by atoms with Crippen LogP contribution in [-0.4, -0.2) is 16.9 Å². The van der Waals surface area contributed by atoms with Crippen molar-refractivity contribution >= 4 is 21.8 Å². The van der Waals surface area contributed by atoms with Crippen molar-refractivity contribution in [2.45, 2.75) is 45.1 Å². The standard InChI is InChI=1S/C14H19BrN2O/c1-10-6-3-2-4-8-12(10)17-14(18)13-11(15)7-5-9-16-13/h5,7,9-10,12H,2-4,6,8H2,1H3,(H,17,18). The largest absolute Gasteiger partial charge is 0.348 e. The second kappa shape index (κ2) is 6.32. The zero-order chi connectivity index (χ0) is 13.0. The molecule has 0 spiro atoms. The predicted octanol–water partition coefficient (Wildman–Crippen LogP) is 3.54. The van der Waals surface area contributed by atoms with E-state index in [0.29, 0.717) is 11.6 Å². The van der Waals surface area contributed by atoms with Crippen LogP contribution in [0.15, 0.2) is 22.8 Å². The molecule has 0 saturated heterocycles. The number of nitrogens with zero attached hydrogens (tertiary/aromatic N) is 1. The van der Waals surface area contributed by atoms with Crippen molar-refractivity contribution in [2.24, 2.45) is 5.92 Å². The number of halogens is 1. The Kier molecular flexibility index (Phi) is 4.75. The van der Waals surface area contributed by atoms with Crippen LogP contribution in [-0.2, 0) is 0 Å². The molecule has 0 radical (unpaired) electrons. The molecule has 2 unspecified atom stereocenters. The van der Waals surface area contributed by atoms with E-state index in [1.165, 1.54) is 25.7 Å². The molecule has 0 aromatic carbocycles. The maximum Gasteiger partial charge on any atom is 0.271 e. The van der Waals surface area contributed by atoms with Gasteiger partial charge in [0.25, 0.3) is 5.91 Å². The molecule has 3 nitrogen and oxygen atoms in total. The molecule has 1 amide bonds. The fourth-order valence-corrected chi connectivity index (χ4v) is 2.93. The van der Waals surface area contributed by atoms with Crippen molar-refractivity contribution in [3.63, 3.8) is 0 Å². The Morgan fingerprint density at radius 1 is 1.39 bits per heavy atom. The number of nitrogens with one attached hydrogen (secondary N) is 1. The first kappa shape index (κ1) is 13.5. The van der Waals surface area contributed by atoms with Gasteiger partial charge in [-0.3, -0.25) is 4.79 Å². The molecule has 4 heteroatoms. The zero-order valence-corrected chi connectivity index (χ0v) is 12.2. The van der Waals surface area contributed by atoms with Gasteiger partial charge in [-0.2, -0.15) is 0 Å². The van der Waals surface area contributed by atoms with Gasteiger partial charge in [-0.1, -0.05) is 26.2 Å². The van der Waals surface area contributed by atoms with Gasteiger partial charge in [-0.25, -0.2) is 4.98 Å². The van der Waals surface area contributed by atoms with Gasteiger partial charge >= 0.3 is 0 Å². The average Bonchev–Trinajstić information content (AvgIpc) is 2.55. The first-order valence-electron chi connectivity index (χ1n) is 6.60. The summed E-state index contributed by atoms with van der Waals surface area (Å²) in [4.78, 5) is 16.3. The summed E-state index contributed by atoms with van der Waals surface area (Å²) in [6, 6.07) is 3.95. The third-order valence-corrected chi connectivity index (χ3v) is 4.29. The van der Waals surface area contributed by atoms with E-state index in [4.69, 9.17) is 0 Å². The van der Waals surface area contributed by atoms with Gasteiger partial charge in [0.15, 0.2) is 0 Å². The summed E-state index contributed by atoms with van der Waals surface area (Å²) in [6.07, 6.45) is 7.70. The molecule has 98 valence electrons. The fraction of sp³-hybridized carbons (Fsp3) is 0.571. The van der Waals surface area contributed by atoms with Gasteiger partial charge < -0.3 is 5.32 Å². The van der Waals surface area contributed by atoms with E-state index in [0.717, 1.165) is 10.9 Å². The smallest absolute Gasteiger partial charge is 0.271 e. The summed E-state index contributed by atoms with van der Waals surface area (Å²) in [5, 5.41) is 3.13. The zero-order valence-electron chi connectivity index (χ0n) is 10.7. The summed E-state index contributed by atoms with van der Waals surface area (Å²) < 4.78 is 0.753. The third-order valence-electron chi connectivity index (χ3n) is 3.65. The van der Waals surface area contributed by atoms with Crippen LogP contribution in [0.2, 0.25) is 0 Å². The summed E-state index contributed by atoms with van der Waals surface area (Å²) in [5.41, 5.74) is 0.481. The number of aromatic nitrogens is 1. The van der Waals surface area contributed by atoms with E-state index < -0.39 is 0 Å². The Morgan fingerprint density at radius 2 is 2.17 bits per heavy atom. The molecule has 1 heterocycles. The number of amides is 1. The van der Waals surface area contributed by atoms with Crippen LogP contribution in [0.1, 0.15) is 49.5 Å². The van der Waals surface area contributed by atoms with Gasteiger partial charge in [-0.15, -0.1) is 0 Å². The number of carbonyl (C=O) groups excluding carboxylic acids is 1. The van der Waals surface area contributed by atoms with Crippen LogP contribution in [0.4, 0.5) is 0 Å². The minimum atomic E-state index is -0.0683. The Labute approximate surface area is 117 Å². The number of hydrogen-bond acceptors (Lipinski definition) is 2. The molecule has 1 aliphatic carbocycles. The monoisotopic (exact) mass is 310 g/mol. The lowest BCUT2D eigenvalue weighted by Crippen LogP contribution is -2.39. The topological polar surface area (TPSA) is 42.0 Å². The highest BCUT2D eigenvalue weighted by atomic mass is 79.9. The van der Waals surface area contributed by atoms with Crippen LogP contribution in [0.25, 0.3) is 0 Å². The van der Waals surface area contributed by atoms with Gasteiger partial charge in [-0.05, 0) is 46.8 Å². The van der Waals surface area contributed by atoms with E-state index in [1.54, 1.807) is 6.20 Å². The lowest BCUT2D eigenvalue weighted by molar-refractivity contribution is 0.0915. The second-order valence-corrected chi connectivity index (χ2v) is 5.88. The maximum absolute atomic E-state index is 12.2. The van der Waals surface area contributed by atoms with Gasteiger partial charge in [0.2, 0.25) is 0 Å². The van der Waals surface area contributed by atoms with Gasteiger partial charge in [0.05, 0.1) is 0 Å². The molecule has 0 aliphatic heterocycles. The lowest BCUT2D eigenvalue weighted by Gasteiger charge is -2.22. The van der Waals surface area contributed by atoms with E-state index in [2.05, 4.69) is 33.2 Å². The molecule has 1 fully saturated rings. The van der Waals surface area contributed by atoms with Crippen molar-refractivity contribution in [1.82, 2.24) is 10.3 Å². The number of hydrogen-bond donors (Lipinski definition) is 1. The average molecular weight is 311 g/mol. The first-order valence-corrected chi connectivity index (χ1v) is 7.39. The summed E-state index contributed by atoms with van der Waals surface area (Å²) in [5.74, 6) is 0.486. The Bertz CT molecular complexity index is 422. The number of rotatable bonds is 2. The van der Waals surface area contributed by atoms with Crippen LogP contribution in [0, 0.1) is 5.92 Å². The third kappa shape index (κ3) is 3.31. The molecule has 1 aliphatic rings. The number of carbonyl (C=O) groups is 1.